The van der Waals surface area contributed by atoms with Crippen LogP contribution in [0.4, 0.5) is 0 Å². The first-order chi connectivity index (χ1) is 5.50. The minimum Gasteiger partial charge on any atom is -0.266 e. The summed E-state index contributed by atoms with van der Waals surface area (Å²) in [4.78, 5) is 3.78. The molecule has 0 spiro atoms. The van der Waals surface area contributed by atoms with Gasteiger partial charge in [-0.05, 0) is 12.1 Å². The van der Waals surface area contributed by atoms with Crippen LogP contribution in [0, 0.1) is 0 Å². The van der Waals surface area contributed by atoms with Crippen LogP contribution in [0.5, 0.6) is 0 Å². The average molecular weight is 207 g/mol. The molecule has 0 fully saturated rings. The van der Waals surface area contributed by atoms with Crippen LogP contribution in [0.2, 0.25) is 0 Å². The van der Waals surface area contributed by atoms with Gasteiger partial charge in [-0.2, -0.15) is 0 Å². The van der Waals surface area contributed by atoms with Gasteiger partial charge in [0.25, 0.3) is 0 Å². The van der Waals surface area contributed by atoms with E-state index in [4.69, 9.17) is 0 Å². The summed E-state index contributed by atoms with van der Waals surface area (Å²) in [5.74, 6) is 0. The topological polar surface area (TPSA) is 54.5 Å². The van der Waals surface area contributed by atoms with E-state index in [1.165, 1.54) is 0 Å². The van der Waals surface area contributed by atoms with Gasteiger partial charge in [-0.1, -0.05) is 11.3 Å². The van der Waals surface area contributed by atoms with Crippen LogP contribution in [0.15, 0.2) is 43.0 Å². The summed E-state index contributed by atoms with van der Waals surface area (Å²) in [6, 6.07) is 5.72. The number of aromatic nitrogens is 4. The summed E-state index contributed by atoms with van der Waals surface area (Å²) in [6.07, 6.45) is 6.74. The van der Waals surface area contributed by atoms with E-state index in [1.807, 2.05) is 18.2 Å². The Bertz CT molecular complexity index is 201. The molecule has 2 rings (SSSR count). The molecule has 0 atom stereocenters. The Labute approximate surface area is 80.6 Å². The molecule has 5 heteroatoms. The quantitative estimate of drug-likeness (QED) is 0.697. The van der Waals surface area contributed by atoms with Gasteiger partial charge in [0, 0.05) is 35.4 Å². The van der Waals surface area contributed by atoms with Crippen LogP contribution in [-0.4, -0.2) is 20.4 Å². The SMILES string of the molecule is [Co].c1c[nH]nn1.c1ccncc1. The maximum Gasteiger partial charge on any atom is 0.0690 e. The molecule has 1 radical (unpaired) electrons. The molecule has 0 bridgehead atoms. The molecular weight excluding hydrogens is 199 g/mol. The van der Waals surface area contributed by atoms with E-state index in [0.717, 1.165) is 0 Å². The fourth-order valence-corrected chi connectivity index (χ4v) is 0.479. The van der Waals surface area contributed by atoms with Crippen LogP contribution in [-0.2, 0) is 16.8 Å². The molecule has 2 heterocycles. The maximum atomic E-state index is 3.78. The second-order valence-corrected chi connectivity index (χ2v) is 1.68. The molecule has 0 amide bonds. The van der Waals surface area contributed by atoms with Crippen molar-refractivity contribution in [2.45, 2.75) is 0 Å². The van der Waals surface area contributed by atoms with Gasteiger partial charge in [0.15, 0.2) is 0 Å². The molecule has 0 aliphatic carbocycles. The van der Waals surface area contributed by atoms with E-state index < -0.39 is 0 Å². The van der Waals surface area contributed by atoms with Crippen LogP contribution in [0.3, 0.4) is 0 Å². The van der Waals surface area contributed by atoms with Crippen molar-refractivity contribution in [1.82, 2.24) is 20.4 Å². The molecule has 2 aromatic rings. The Morgan fingerprint density at radius 2 is 1.67 bits per heavy atom. The standard InChI is InChI=1S/C5H5N.C2H3N3.Co/c1-2-4-6-5-3-1;1-2-4-5-3-1;/h1-5H;1-2H,(H,3,4,5);. The number of nitrogens with zero attached hydrogens (tertiary/aromatic N) is 3. The second kappa shape index (κ2) is 7.90. The van der Waals surface area contributed by atoms with E-state index in [0.29, 0.717) is 0 Å². The van der Waals surface area contributed by atoms with Gasteiger partial charge in [0.1, 0.15) is 0 Å². The Balaban J connectivity index is 0.000000189. The van der Waals surface area contributed by atoms with Crippen LogP contribution in [0.1, 0.15) is 0 Å². The molecular formula is C7H8CoN4. The predicted molar refractivity (Wildman–Crippen MR) is 40.6 cm³/mol. The largest absolute Gasteiger partial charge is 0.266 e. The Hall–Kier alpha value is -1.20. The van der Waals surface area contributed by atoms with Gasteiger partial charge in [-0.15, -0.1) is 5.10 Å². The van der Waals surface area contributed by atoms with Crippen LogP contribution < -0.4 is 0 Å². The minimum atomic E-state index is 0. The van der Waals surface area contributed by atoms with E-state index in [9.17, 15) is 0 Å². The van der Waals surface area contributed by atoms with Crippen molar-refractivity contribution >= 4 is 0 Å². The summed E-state index contributed by atoms with van der Waals surface area (Å²) < 4.78 is 0. The summed E-state index contributed by atoms with van der Waals surface area (Å²) in [5, 5.41) is 9.26. The molecule has 0 saturated heterocycles. The summed E-state index contributed by atoms with van der Waals surface area (Å²) in [7, 11) is 0. The van der Waals surface area contributed by atoms with Crippen molar-refractivity contribution in [3.05, 3.63) is 43.0 Å². The number of aromatic amines is 1. The third-order valence-corrected chi connectivity index (χ3v) is 0.898. The van der Waals surface area contributed by atoms with Gasteiger partial charge in [0.05, 0.1) is 6.20 Å². The third-order valence-electron chi connectivity index (χ3n) is 0.898. The fraction of sp³-hybridized carbons (Fsp3) is 0. The summed E-state index contributed by atoms with van der Waals surface area (Å²) in [5.41, 5.74) is 0. The monoisotopic (exact) mass is 207 g/mol. The first-order valence-corrected chi connectivity index (χ1v) is 3.15. The van der Waals surface area contributed by atoms with Gasteiger partial charge >= 0.3 is 0 Å². The summed E-state index contributed by atoms with van der Waals surface area (Å²) >= 11 is 0. The molecule has 0 aliphatic rings. The minimum absolute atomic E-state index is 0. The molecule has 2 aromatic heterocycles. The number of H-pyrrole nitrogens is 1. The number of nitrogens with one attached hydrogen (secondary N) is 1. The first-order valence-electron chi connectivity index (χ1n) is 3.15. The van der Waals surface area contributed by atoms with Gasteiger partial charge in [-0.25, -0.2) is 0 Å². The number of hydrogen-bond donors (Lipinski definition) is 1. The zero-order valence-electron chi connectivity index (χ0n) is 6.22. The molecule has 1 N–H and O–H groups in total. The second-order valence-electron chi connectivity index (χ2n) is 1.68. The molecule has 0 aliphatic heterocycles. The van der Waals surface area contributed by atoms with E-state index in [-0.39, 0.29) is 16.8 Å². The van der Waals surface area contributed by atoms with E-state index in [1.54, 1.807) is 24.8 Å². The van der Waals surface area contributed by atoms with Gasteiger partial charge < -0.3 is 0 Å². The predicted octanol–water partition coefficient (Wildman–Crippen LogP) is 0.884. The van der Waals surface area contributed by atoms with Crippen molar-refractivity contribution in [3.8, 4) is 0 Å². The Kier molecular flexibility index (Phi) is 7.11. The Morgan fingerprint density at radius 3 is 1.83 bits per heavy atom. The number of rotatable bonds is 0. The van der Waals surface area contributed by atoms with Crippen molar-refractivity contribution in [2.24, 2.45) is 0 Å². The fourth-order valence-electron chi connectivity index (χ4n) is 0.479. The zero-order chi connectivity index (χ0) is 7.78. The number of pyridine rings is 1. The molecule has 12 heavy (non-hydrogen) atoms. The van der Waals surface area contributed by atoms with Crippen molar-refractivity contribution < 1.29 is 16.8 Å². The average Bonchev–Trinajstić information content (AvgIpc) is 2.64. The van der Waals surface area contributed by atoms with Crippen molar-refractivity contribution in [2.75, 3.05) is 0 Å². The normalized spacial score (nSPS) is 7.33. The smallest absolute Gasteiger partial charge is 0.0690 e. The van der Waals surface area contributed by atoms with Crippen molar-refractivity contribution in [1.29, 1.82) is 0 Å². The van der Waals surface area contributed by atoms with Crippen molar-refractivity contribution in [3.63, 3.8) is 0 Å². The number of hydrogen-bond acceptors (Lipinski definition) is 3. The molecule has 0 aromatic carbocycles. The maximum absolute atomic E-state index is 3.78. The first kappa shape index (κ1) is 10.8. The van der Waals surface area contributed by atoms with Gasteiger partial charge in [0.2, 0.25) is 0 Å². The van der Waals surface area contributed by atoms with Crippen LogP contribution >= 0.6 is 0 Å². The third kappa shape index (κ3) is 5.57. The molecule has 65 valence electrons. The van der Waals surface area contributed by atoms with Crippen LogP contribution in [0.25, 0.3) is 0 Å². The molecule has 0 unspecified atom stereocenters. The Morgan fingerprint density at radius 1 is 0.917 bits per heavy atom. The van der Waals surface area contributed by atoms with E-state index >= 15 is 0 Å². The molecule has 0 saturated carbocycles. The molecule has 4 nitrogen and oxygen atoms in total. The van der Waals surface area contributed by atoms with E-state index in [2.05, 4.69) is 20.4 Å². The zero-order valence-corrected chi connectivity index (χ0v) is 7.26. The van der Waals surface area contributed by atoms with Gasteiger partial charge in [-0.3, -0.25) is 10.1 Å². The summed E-state index contributed by atoms with van der Waals surface area (Å²) in [6.45, 7) is 0.